The summed E-state index contributed by atoms with van der Waals surface area (Å²) in [5.74, 6) is 1.15. The molecule has 2 aromatic heterocycles. The third-order valence-corrected chi connectivity index (χ3v) is 6.44. The first-order valence-corrected chi connectivity index (χ1v) is 16.7. The number of nitrogens with one attached hydrogen (secondary N) is 2. The Morgan fingerprint density at radius 2 is 1.20 bits per heavy atom. The predicted molar refractivity (Wildman–Crippen MR) is 218 cm³/mol. The highest BCUT2D eigenvalue weighted by atomic mass is 35.5. The summed E-state index contributed by atoms with van der Waals surface area (Å²) < 4.78 is 15.5. The fourth-order valence-corrected chi connectivity index (χ4v) is 3.77. The van der Waals surface area contributed by atoms with E-state index in [9.17, 15) is 14.4 Å². The van der Waals surface area contributed by atoms with Crippen molar-refractivity contribution < 1.29 is 38.8 Å². The summed E-state index contributed by atoms with van der Waals surface area (Å²) in [6.07, 6.45) is 6.22. The maximum Gasteiger partial charge on any atom is 0.267 e. The molecule has 294 valence electrons. The number of halogens is 4. The van der Waals surface area contributed by atoms with Crippen LogP contribution in [0, 0.1) is 0 Å². The molecule has 0 bridgehead atoms. The number of phenolic OH excluding ortho intramolecular Hbond substituents is 2. The quantitative estimate of drug-likeness (QED) is 0.0310. The average molecular weight is 848 g/mol. The molecule has 19 heteroatoms. The fraction of sp³-hybridized carbons (Fsp3) is 0.0541. The Morgan fingerprint density at radius 3 is 1.64 bits per heavy atom. The minimum Gasteiger partial charge on any atom is -0.508 e. The number of aromatic nitrogens is 4. The number of carbonyl (C=O) groups excluding carboxylic acids is 3. The van der Waals surface area contributed by atoms with E-state index in [-0.39, 0.29) is 44.9 Å². The number of allylic oxidation sites excluding steroid dienone is 1. The van der Waals surface area contributed by atoms with Gasteiger partial charge >= 0.3 is 0 Å². The van der Waals surface area contributed by atoms with Crippen LogP contribution in [0.4, 0.5) is 17.1 Å². The number of methoxy groups -OCH3 is 2. The molecule has 0 fully saturated rings. The number of aromatic hydroxyl groups is 2. The Bertz CT molecular complexity index is 2070. The van der Waals surface area contributed by atoms with Crippen LogP contribution in [-0.2, 0) is 14.4 Å². The number of nitrogens with two attached hydrogens (primary N) is 1. The van der Waals surface area contributed by atoms with E-state index in [0.29, 0.717) is 34.3 Å². The Hall–Kier alpha value is -6.39. The Balaban J connectivity index is 0.000000382. The van der Waals surface area contributed by atoms with Crippen molar-refractivity contribution in [1.82, 2.24) is 19.9 Å². The van der Waals surface area contributed by atoms with Gasteiger partial charge in [-0.3, -0.25) is 14.4 Å². The zero-order chi connectivity index (χ0) is 42.0. The number of nitrogens with zero attached hydrogens (tertiary/aromatic N) is 4. The van der Waals surface area contributed by atoms with E-state index in [1.165, 1.54) is 57.0 Å². The van der Waals surface area contributed by atoms with Crippen molar-refractivity contribution >= 4 is 80.5 Å². The zero-order valence-corrected chi connectivity index (χ0v) is 32.7. The average Bonchev–Trinajstić information content (AvgIpc) is 3.16. The van der Waals surface area contributed by atoms with E-state index in [0.717, 1.165) is 6.08 Å². The van der Waals surface area contributed by atoms with Gasteiger partial charge in [-0.15, -0.1) is 0 Å². The fourth-order valence-electron chi connectivity index (χ4n) is 3.26. The molecule has 3 aromatic carbocycles. The standard InChI is InChI=1S/C14H12ClN3O3.C9H9NO2.C6H7NO.C5H4Cl2N2O.C3H3ClO/c1-3-12(19)17-9-5-4-6-10(7-9)21-13-11(20-2)8-16-14(15)18-13;1-2-9(12)10-7-4-3-5-8(11)6-7;7-5-2-1-3-6(8)4-5;1-10-3-2-8-5(7)9-4(3)6;1-2-3(4)5/h3-8H,1H2,2H3,(H,17,19);2-6,11H,1H2,(H,10,12);1-4,8H,7H2;2H,1H3;2H,1H2. The molecule has 0 aliphatic heterocycles. The predicted octanol–water partition coefficient (Wildman–Crippen LogP) is 8.28. The molecular formula is C37H35Cl4N7O8. The van der Waals surface area contributed by atoms with Crippen molar-refractivity contribution in [2.45, 2.75) is 0 Å². The van der Waals surface area contributed by atoms with Crippen LogP contribution in [0.5, 0.6) is 34.6 Å². The second-order valence-corrected chi connectivity index (χ2v) is 11.1. The van der Waals surface area contributed by atoms with Crippen LogP contribution in [-0.4, -0.2) is 61.4 Å². The highest BCUT2D eigenvalue weighted by molar-refractivity contribution is 6.66. The molecule has 5 rings (SSSR count). The maximum atomic E-state index is 11.3. The first-order chi connectivity index (χ1) is 26.6. The lowest BCUT2D eigenvalue weighted by Gasteiger charge is -2.10. The van der Waals surface area contributed by atoms with Crippen LogP contribution in [0.1, 0.15) is 0 Å². The van der Waals surface area contributed by atoms with Crippen LogP contribution in [0.15, 0.2) is 123 Å². The SMILES string of the molecule is C=CC(=O)Cl.C=CC(=O)Nc1cccc(O)c1.C=CC(=O)Nc1cccc(Oc2nc(Cl)ncc2OC)c1.COc1cnc(Cl)nc1Cl.Nc1cccc(O)c1. The molecule has 15 nitrogen and oxygen atoms in total. The monoisotopic (exact) mass is 845 g/mol. The summed E-state index contributed by atoms with van der Waals surface area (Å²) in [5, 5.41) is 22.8. The van der Waals surface area contributed by atoms with Crippen molar-refractivity contribution in [1.29, 1.82) is 0 Å². The van der Waals surface area contributed by atoms with Crippen LogP contribution < -0.4 is 30.6 Å². The Kier molecular flexibility index (Phi) is 22.5. The molecular weight excluding hydrogens is 812 g/mol. The third kappa shape index (κ3) is 20.2. The van der Waals surface area contributed by atoms with Crippen molar-refractivity contribution in [2.24, 2.45) is 0 Å². The van der Waals surface area contributed by atoms with Crippen molar-refractivity contribution in [2.75, 3.05) is 30.6 Å². The molecule has 2 amide bonds. The largest absolute Gasteiger partial charge is 0.508 e. The molecule has 0 radical (unpaired) electrons. The van der Waals surface area contributed by atoms with E-state index in [1.807, 2.05) is 0 Å². The van der Waals surface area contributed by atoms with Gasteiger partial charge in [-0.05, 0) is 89.4 Å². The van der Waals surface area contributed by atoms with Crippen molar-refractivity contribution in [3.63, 3.8) is 0 Å². The first-order valence-electron chi connectivity index (χ1n) is 15.2. The van der Waals surface area contributed by atoms with Crippen LogP contribution in [0.25, 0.3) is 0 Å². The van der Waals surface area contributed by atoms with Gasteiger partial charge in [0.1, 0.15) is 17.2 Å². The molecule has 0 saturated heterocycles. The highest BCUT2D eigenvalue weighted by Crippen LogP contribution is 2.30. The lowest BCUT2D eigenvalue weighted by atomic mass is 10.3. The van der Waals surface area contributed by atoms with E-state index < -0.39 is 5.24 Å². The zero-order valence-electron chi connectivity index (χ0n) is 29.7. The summed E-state index contributed by atoms with van der Waals surface area (Å²) in [7, 11) is 2.96. The molecule has 0 saturated carbocycles. The van der Waals surface area contributed by atoms with Gasteiger partial charge in [-0.1, -0.05) is 49.5 Å². The minimum absolute atomic E-state index is 0.0434. The number of amides is 2. The number of anilines is 3. The van der Waals surface area contributed by atoms with Crippen molar-refractivity contribution in [3.8, 4) is 34.6 Å². The van der Waals surface area contributed by atoms with Gasteiger partial charge in [-0.25, -0.2) is 15.0 Å². The minimum atomic E-state index is -0.509. The molecule has 0 atom stereocenters. The van der Waals surface area contributed by atoms with Gasteiger partial charge in [-0.2, -0.15) is 4.98 Å². The second-order valence-electron chi connectivity index (χ2n) is 9.68. The number of ether oxygens (including phenoxy) is 3. The summed E-state index contributed by atoms with van der Waals surface area (Å²) in [6.45, 7) is 9.77. The van der Waals surface area contributed by atoms with E-state index in [1.54, 1.807) is 54.6 Å². The van der Waals surface area contributed by atoms with Gasteiger partial charge in [0, 0.05) is 35.3 Å². The number of hydrogen-bond acceptors (Lipinski definition) is 13. The number of nitrogen functional groups attached to an aromatic ring is 1. The van der Waals surface area contributed by atoms with Crippen molar-refractivity contribution in [3.05, 3.63) is 139 Å². The molecule has 0 aliphatic carbocycles. The summed E-state index contributed by atoms with van der Waals surface area (Å²) >= 11 is 21.4. The molecule has 5 aromatic rings. The normalized spacial score (nSPS) is 9.18. The van der Waals surface area contributed by atoms with Gasteiger partial charge in [0.2, 0.25) is 27.6 Å². The van der Waals surface area contributed by atoms with Crippen LogP contribution >= 0.6 is 46.4 Å². The summed E-state index contributed by atoms with van der Waals surface area (Å²) in [5.41, 5.74) is 7.01. The number of carbonyl (C=O) groups is 3. The molecule has 0 aliphatic rings. The molecule has 2 heterocycles. The second kappa shape index (κ2) is 26.4. The van der Waals surface area contributed by atoms with Crippen LogP contribution in [0.3, 0.4) is 0 Å². The van der Waals surface area contributed by atoms with Crippen LogP contribution in [0.2, 0.25) is 15.7 Å². The van der Waals surface area contributed by atoms with Gasteiger partial charge in [0.25, 0.3) is 5.88 Å². The number of rotatable bonds is 9. The maximum absolute atomic E-state index is 11.3. The third-order valence-electron chi connectivity index (χ3n) is 5.65. The molecule has 0 spiro atoms. The lowest BCUT2D eigenvalue weighted by Crippen LogP contribution is -2.07. The van der Waals surface area contributed by atoms with Gasteiger partial charge in [0.05, 0.1) is 26.6 Å². The number of benzene rings is 3. The number of hydrogen-bond donors (Lipinski definition) is 5. The molecule has 0 unspecified atom stereocenters. The molecule has 56 heavy (non-hydrogen) atoms. The molecule has 6 N–H and O–H groups in total. The van der Waals surface area contributed by atoms with E-state index in [4.69, 9.17) is 76.6 Å². The highest BCUT2D eigenvalue weighted by Gasteiger charge is 2.10. The van der Waals surface area contributed by atoms with E-state index in [2.05, 4.69) is 50.3 Å². The smallest absolute Gasteiger partial charge is 0.267 e. The van der Waals surface area contributed by atoms with E-state index >= 15 is 0 Å². The number of phenols is 2. The van der Waals surface area contributed by atoms with Gasteiger partial charge in [0.15, 0.2) is 16.7 Å². The Labute approximate surface area is 342 Å². The summed E-state index contributed by atoms with van der Waals surface area (Å²) in [6, 6.07) is 19.6. The topological polar surface area (TPSA) is 221 Å². The van der Waals surface area contributed by atoms with Gasteiger partial charge < -0.3 is 40.8 Å². The Morgan fingerprint density at radius 1 is 0.714 bits per heavy atom. The lowest BCUT2D eigenvalue weighted by molar-refractivity contribution is -0.112. The first kappa shape index (κ1) is 47.6. The summed E-state index contributed by atoms with van der Waals surface area (Å²) in [4.78, 5) is 46.6.